The number of aliphatic carboxylic acids is 1. The van der Waals surface area contributed by atoms with Crippen molar-refractivity contribution in [3.8, 4) is 23.0 Å². The molecule has 0 bridgehead atoms. The first-order valence-corrected chi connectivity index (χ1v) is 10.6. The van der Waals surface area contributed by atoms with Gasteiger partial charge in [-0.25, -0.2) is 4.79 Å². The number of methoxy groups -OCH3 is 1. The van der Waals surface area contributed by atoms with Gasteiger partial charge in [0.05, 0.1) is 23.8 Å². The molecule has 0 saturated carbocycles. The number of hydrogen-bond donors (Lipinski definition) is 1. The topological polar surface area (TPSA) is 94.7 Å². The van der Waals surface area contributed by atoms with Crippen LogP contribution < -0.4 is 9.47 Å². The fourth-order valence-electron chi connectivity index (χ4n) is 2.47. The van der Waals surface area contributed by atoms with Crippen LogP contribution in [0.1, 0.15) is 12.5 Å². The molecule has 3 rings (SSSR count). The van der Waals surface area contributed by atoms with Crippen molar-refractivity contribution >= 4 is 51.3 Å². The van der Waals surface area contributed by atoms with Gasteiger partial charge in [-0.05, 0) is 76.6 Å². The van der Waals surface area contributed by atoms with Crippen molar-refractivity contribution in [2.45, 2.75) is 12.1 Å². The van der Waals surface area contributed by atoms with E-state index in [1.54, 1.807) is 36.4 Å². The second-order valence-corrected chi connectivity index (χ2v) is 8.04. The molecule has 7 nitrogen and oxygen atoms in total. The maximum atomic E-state index is 11.7. The Morgan fingerprint density at radius 3 is 2.70 bits per heavy atom. The maximum Gasteiger partial charge on any atom is 0.342 e. The van der Waals surface area contributed by atoms with Gasteiger partial charge in [0.25, 0.3) is 11.1 Å². The number of rotatable bonds is 8. The summed E-state index contributed by atoms with van der Waals surface area (Å²) in [5, 5.41) is 18.1. The first-order valence-electron chi connectivity index (χ1n) is 8.64. The Morgan fingerprint density at radius 2 is 2.03 bits per heavy atom. The SMILES string of the molecule is CCOc1ccc(/C=C(\Sc2nnc(-c3cc(Cl)ccc3OC)o2)C(=O)O)cc1Br. The van der Waals surface area contributed by atoms with Crippen LogP contribution in [0.3, 0.4) is 0 Å². The summed E-state index contributed by atoms with van der Waals surface area (Å²) in [6.07, 6.45) is 1.51. The Hall–Kier alpha value is -2.49. The molecule has 0 amide bonds. The normalized spacial score (nSPS) is 11.4. The van der Waals surface area contributed by atoms with Crippen molar-refractivity contribution in [2.24, 2.45) is 0 Å². The molecule has 0 aliphatic rings. The van der Waals surface area contributed by atoms with E-state index < -0.39 is 5.97 Å². The van der Waals surface area contributed by atoms with Gasteiger partial charge < -0.3 is 19.0 Å². The second-order valence-electron chi connectivity index (χ2n) is 5.76. The third-order valence-corrected chi connectivity index (χ3v) is 5.47. The zero-order chi connectivity index (χ0) is 21.7. The van der Waals surface area contributed by atoms with Crippen LogP contribution in [0.25, 0.3) is 17.5 Å². The highest BCUT2D eigenvalue weighted by molar-refractivity contribution is 9.10. The van der Waals surface area contributed by atoms with E-state index in [0.29, 0.717) is 34.3 Å². The van der Waals surface area contributed by atoms with Gasteiger partial charge in [-0.1, -0.05) is 17.7 Å². The summed E-state index contributed by atoms with van der Waals surface area (Å²) in [5.41, 5.74) is 1.19. The third kappa shape index (κ3) is 5.35. The highest BCUT2D eigenvalue weighted by Gasteiger charge is 2.18. The van der Waals surface area contributed by atoms with Crippen LogP contribution in [-0.4, -0.2) is 35.0 Å². The van der Waals surface area contributed by atoms with Gasteiger partial charge in [-0.15, -0.1) is 10.2 Å². The fraction of sp³-hybridized carbons (Fsp3) is 0.150. The summed E-state index contributed by atoms with van der Waals surface area (Å²) in [6.45, 7) is 2.41. The molecule has 1 N–H and O–H groups in total. The molecule has 30 heavy (non-hydrogen) atoms. The lowest BCUT2D eigenvalue weighted by Crippen LogP contribution is -1.97. The van der Waals surface area contributed by atoms with Crippen LogP contribution in [-0.2, 0) is 4.79 Å². The molecule has 2 aromatic carbocycles. The van der Waals surface area contributed by atoms with E-state index in [2.05, 4.69) is 26.1 Å². The summed E-state index contributed by atoms with van der Waals surface area (Å²) in [6, 6.07) is 10.3. The van der Waals surface area contributed by atoms with E-state index in [1.165, 1.54) is 13.2 Å². The van der Waals surface area contributed by atoms with E-state index in [1.807, 2.05) is 6.92 Å². The molecule has 0 atom stereocenters. The van der Waals surface area contributed by atoms with Crippen molar-refractivity contribution in [2.75, 3.05) is 13.7 Å². The van der Waals surface area contributed by atoms with Gasteiger partial charge in [-0.3, -0.25) is 0 Å². The van der Waals surface area contributed by atoms with E-state index in [4.69, 9.17) is 25.5 Å². The summed E-state index contributed by atoms with van der Waals surface area (Å²) >= 11 is 10.3. The minimum absolute atomic E-state index is 0.0133. The minimum atomic E-state index is -1.12. The predicted octanol–water partition coefficient (Wildman–Crippen LogP) is 5.78. The van der Waals surface area contributed by atoms with Crippen molar-refractivity contribution in [3.63, 3.8) is 0 Å². The van der Waals surface area contributed by atoms with Crippen LogP contribution in [0.15, 0.2) is 55.4 Å². The first-order chi connectivity index (χ1) is 14.4. The number of benzene rings is 2. The molecule has 0 fully saturated rings. The molecule has 0 radical (unpaired) electrons. The fourth-order valence-corrected chi connectivity index (χ4v) is 3.82. The van der Waals surface area contributed by atoms with Crippen LogP contribution in [0.5, 0.6) is 11.5 Å². The average Bonchev–Trinajstić information content (AvgIpc) is 3.18. The molecule has 3 aromatic rings. The largest absolute Gasteiger partial charge is 0.496 e. The van der Waals surface area contributed by atoms with Gasteiger partial charge in [-0.2, -0.15) is 0 Å². The molecule has 0 aliphatic carbocycles. The summed E-state index contributed by atoms with van der Waals surface area (Å²) in [4.78, 5) is 11.7. The van der Waals surface area contributed by atoms with Gasteiger partial charge in [0.15, 0.2) is 0 Å². The highest BCUT2D eigenvalue weighted by Crippen LogP contribution is 2.35. The van der Waals surface area contributed by atoms with Crippen molar-refractivity contribution in [3.05, 3.63) is 56.4 Å². The number of carbonyl (C=O) groups is 1. The zero-order valence-electron chi connectivity index (χ0n) is 15.9. The molecule has 156 valence electrons. The standard InChI is InChI=1S/C20H16BrClN2O5S/c1-3-28-16-6-4-11(8-14(16)21)9-17(19(25)26)30-20-24-23-18(29-20)13-10-12(22)5-7-15(13)27-2/h4-10H,3H2,1-2H3,(H,25,26)/b17-9-. The lowest BCUT2D eigenvalue weighted by molar-refractivity contribution is -0.131. The number of halogens is 2. The van der Waals surface area contributed by atoms with Crippen LogP contribution in [0.4, 0.5) is 0 Å². The van der Waals surface area contributed by atoms with Crippen LogP contribution >= 0.6 is 39.3 Å². The van der Waals surface area contributed by atoms with E-state index in [-0.39, 0.29) is 16.0 Å². The lowest BCUT2D eigenvalue weighted by Gasteiger charge is -2.06. The van der Waals surface area contributed by atoms with Gasteiger partial charge in [0.2, 0.25) is 0 Å². The molecule has 0 aliphatic heterocycles. The van der Waals surface area contributed by atoms with Gasteiger partial charge in [0.1, 0.15) is 16.4 Å². The Morgan fingerprint density at radius 1 is 1.27 bits per heavy atom. The van der Waals surface area contributed by atoms with Gasteiger partial charge >= 0.3 is 5.97 Å². The summed E-state index contributed by atoms with van der Waals surface area (Å²) < 4.78 is 17.1. The maximum absolute atomic E-state index is 11.7. The van der Waals surface area contributed by atoms with Crippen LogP contribution in [0.2, 0.25) is 5.02 Å². The Balaban J connectivity index is 1.87. The van der Waals surface area contributed by atoms with Crippen molar-refractivity contribution < 1.29 is 23.8 Å². The second kappa shape index (κ2) is 10.0. The van der Waals surface area contributed by atoms with E-state index in [0.717, 1.165) is 16.2 Å². The Kier molecular flexibility index (Phi) is 7.41. The number of hydrogen-bond acceptors (Lipinski definition) is 7. The number of ether oxygens (including phenoxy) is 2. The molecular weight excluding hydrogens is 496 g/mol. The van der Waals surface area contributed by atoms with Crippen molar-refractivity contribution in [1.29, 1.82) is 0 Å². The zero-order valence-corrected chi connectivity index (χ0v) is 19.0. The van der Waals surface area contributed by atoms with Crippen LogP contribution in [0, 0.1) is 0 Å². The number of carboxylic acid groups (broad SMARTS) is 1. The number of nitrogens with zero attached hydrogens (tertiary/aromatic N) is 2. The predicted molar refractivity (Wildman–Crippen MR) is 118 cm³/mol. The van der Waals surface area contributed by atoms with E-state index in [9.17, 15) is 9.90 Å². The minimum Gasteiger partial charge on any atom is -0.496 e. The van der Waals surface area contributed by atoms with E-state index >= 15 is 0 Å². The molecule has 1 aromatic heterocycles. The molecule has 0 unspecified atom stereocenters. The highest BCUT2D eigenvalue weighted by atomic mass is 79.9. The van der Waals surface area contributed by atoms with Crippen molar-refractivity contribution in [1.82, 2.24) is 10.2 Å². The molecule has 0 spiro atoms. The molecule has 0 saturated heterocycles. The monoisotopic (exact) mass is 510 g/mol. The molecule has 10 heteroatoms. The smallest absolute Gasteiger partial charge is 0.342 e. The summed E-state index contributed by atoms with van der Waals surface area (Å²) in [7, 11) is 1.51. The number of thioether (sulfide) groups is 1. The molecular formula is C20H16BrClN2O5S. The lowest BCUT2D eigenvalue weighted by atomic mass is 10.2. The molecule has 1 heterocycles. The number of carboxylic acids is 1. The summed E-state index contributed by atoms with van der Waals surface area (Å²) in [5.74, 6) is 0.236. The third-order valence-electron chi connectivity index (χ3n) is 3.76. The average molecular weight is 512 g/mol. The Bertz CT molecular complexity index is 1100. The Labute approximate surface area is 190 Å². The first kappa shape index (κ1) is 22.2. The van der Waals surface area contributed by atoms with Gasteiger partial charge in [0, 0.05) is 5.02 Å². The number of aromatic nitrogens is 2. The quantitative estimate of drug-likeness (QED) is 0.300.